The van der Waals surface area contributed by atoms with E-state index in [9.17, 15) is 9.59 Å². The molecule has 1 heterocycles. The Labute approximate surface area is 93.4 Å². The molecule has 1 aliphatic heterocycles. The summed E-state index contributed by atoms with van der Waals surface area (Å²) in [5.74, 6) is -1.19. The zero-order chi connectivity index (χ0) is 11.3. The zero-order valence-electron chi connectivity index (χ0n) is 9.03. The van der Waals surface area contributed by atoms with Crippen molar-refractivity contribution in [2.75, 3.05) is 0 Å². The van der Waals surface area contributed by atoms with Gasteiger partial charge in [0, 0.05) is 0 Å². The van der Waals surface area contributed by atoms with Crippen LogP contribution in [0.15, 0.2) is 18.2 Å². The summed E-state index contributed by atoms with van der Waals surface area (Å²) in [5, 5.41) is 0. The highest BCUT2D eigenvalue weighted by Gasteiger charge is 2.46. The van der Waals surface area contributed by atoms with Gasteiger partial charge in [-0.2, -0.15) is 0 Å². The molecule has 0 N–H and O–H groups in total. The van der Waals surface area contributed by atoms with Gasteiger partial charge < -0.3 is 4.74 Å². The van der Waals surface area contributed by atoms with Gasteiger partial charge in [-0.15, -0.1) is 0 Å². The fraction of sp³-hybridized carbons (Fsp3) is 0.385. The molecule has 16 heavy (non-hydrogen) atoms. The van der Waals surface area contributed by atoms with E-state index in [2.05, 4.69) is 12.1 Å². The molecule has 0 spiro atoms. The summed E-state index contributed by atoms with van der Waals surface area (Å²) in [5.41, 5.74) is 3.56. The molecule has 1 aromatic rings. The third kappa shape index (κ3) is 1.28. The van der Waals surface area contributed by atoms with E-state index in [0.717, 1.165) is 0 Å². The Kier molecular flexibility index (Phi) is 1.90. The normalized spacial score (nSPS) is 27.3. The van der Waals surface area contributed by atoms with E-state index in [0.29, 0.717) is 12.8 Å². The Bertz CT molecular complexity index is 490. The summed E-state index contributed by atoms with van der Waals surface area (Å²) in [4.78, 5) is 22.9. The van der Waals surface area contributed by atoms with Crippen LogP contribution in [0.5, 0.6) is 0 Å². The first-order valence-electron chi connectivity index (χ1n) is 5.49. The second-order valence-electron chi connectivity index (χ2n) is 4.63. The molecule has 0 bridgehead atoms. The average molecular weight is 216 g/mol. The van der Waals surface area contributed by atoms with Crippen molar-refractivity contribution in [3.8, 4) is 0 Å². The van der Waals surface area contributed by atoms with E-state index >= 15 is 0 Å². The molecule has 1 fully saturated rings. The fourth-order valence-corrected chi connectivity index (χ4v) is 2.65. The van der Waals surface area contributed by atoms with Gasteiger partial charge >= 0.3 is 11.9 Å². The predicted octanol–water partition coefficient (Wildman–Crippen LogP) is 1.41. The van der Waals surface area contributed by atoms with Gasteiger partial charge in [-0.1, -0.05) is 23.8 Å². The SMILES string of the molecule is Cc1ccc2c(c1)CC1C(=O)OC(=O)C1C2. The minimum absolute atomic E-state index is 0.247. The van der Waals surface area contributed by atoms with E-state index in [-0.39, 0.29) is 23.8 Å². The monoisotopic (exact) mass is 216 g/mol. The number of ether oxygens (including phenoxy) is 1. The number of cyclic esters (lactones) is 2. The molecule has 2 unspecified atom stereocenters. The number of hydrogen-bond acceptors (Lipinski definition) is 3. The van der Waals surface area contributed by atoms with E-state index in [1.807, 2.05) is 13.0 Å². The topological polar surface area (TPSA) is 43.4 Å². The number of aryl methyl sites for hydroxylation is 1. The Morgan fingerprint density at radius 2 is 1.69 bits per heavy atom. The Morgan fingerprint density at radius 3 is 2.38 bits per heavy atom. The summed E-state index contributed by atoms with van der Waals surface area (Å²) in [6.45, 7) is 2.03. The minimum atomic E-state index is -0.346. The fourth-order valence-electron chi connectivity index (χ4n) is 2.65. The van der Waals surface area contributed by atoms with Crippen LogP contribution in [0.1, 0.15) is 16.7 Å². The highest BCUT2D eigenvalue weighted by Crippen LogP contribution is 2.36. The Morgan fingerprint density at radius 1 is 1.06 bits per heavy atom. The van der Waals surface area contributed by atoms with Crippen molar-refractivity contribution < 1.29 is 14.3 Å². The highest BCUT2D eigenvalue weighted by molar-refractivity contribution is 5.97. The first-order valence-corrected chi connectivity index (χ1v) is 5.49. The second-order valence-corrected chi connectivity index (χ2v) is 4.63. The predicted molar refractivity (Wildman–Crippen MR) is 56.7 cm³/mol. The maximum Gasteiger partial charge on any atom is 0.317 e. The molecule has 2 aliphatic rings. The summed E-state index contributed by atoms with van der Waals surface area (Å²) in [6, 6.07) is 6.19. The van der Waals surface area contributed by atoms with Crippen molar-refractivity contribution in [3.05, 3.63) is 34.9 Å². The lowest BCUT2D eigenvalue weighted by molar-refractivity contribution is -0.153. The van der Waals surface area contributed by atoms with Crippen LogP contribution in [-0.4, -0.2) is 11.9 Å². The molecule has 3 rings (SSSR count). The number of carbonyl (C=O) groups is 2. The molecule has 82 valence electrons. The lowest BCUT2D eigenvalue weighted by Crippen LogP contribution is -2.27. The van der Waals surface area contributed by atoms with Crippen LogP contribution in [0.4, 0.5) is 0 Å². The van der Waals surface area contributed by atoms with Crippen molar-refractivity contribution in [2.24, 2.45) is 11.8 Å². The largest absolute Gasteiger partial charge is 0.393 e. The van der Waals surface area contributed by atoms with Gasteiger partial charge in [-0.05, 0) is 30.9 Å². The van der Waals surface area contributed by atoms with Gasteiger partial charge in [0.25, 0.3) is 0 Å². The molecule has 3 nitrogen and oxygen atoms in total. The van der Waals surface area contributed by atoms with Crippen molar-refractivity contribution in [2.45, 2.75) is 19.8 Å². The molecular formula is C13H12O3. The van der Waals surface area contributed by atoms with Gasteiger partial charge in [-0.3, -0.25) is 9.59 Å². The molecule has 0 saturated carbocycles. The van der Waals surface area contributed by atoms with E-state index in [1.54, 1.807) is 0 Å². The first-order chi connectivity index (χ1) is 7.65. The Balaban J connectivity index is 2.03. The Hall–Kier alpha value is -1.64. The molecule has 1 saturated heterocycles. The average Bonchev–Trinajstić information content (AvgIpc) is 2.52. The third-order valence-electron chi connectivity index (χ3n) is 3.53. The third-order valence-corrected chi connectivity index (χ3v) is 3.53. The quantitative estimate of drug-likeness (QED) is 0.486. The van der Waals surface area contributed by atoms with E-state index < -0.39 is 0 Å². The van der Waals surface area contributed by atoms with Crippen LogP contribution < -0.4 is 0 Å². The molecule has 0 radical (unpaired) electrons. The zero-order valence-corrected chi connectivity index (χ0v) is 9.03. The highest BCUT2D eigenvalue weighted by atomic mass is 16.6. The van der Waals surface area contributed by atoms with Gasteiger partial charge in [0.05, 0.1) is 11.8 Å². The van der Waals surface area contributed by atoms with Crippen LogP contribution in [0, 0.1) is 18.8 Å². The lowest BCUT2D eigenvalue weighted by Gasteiger charge is -2.23. The van der Waals surface area contributed by atoms with Gasteiger partial charge in [0.15, 0.2) is 0 Å². The van der Waals surface area contributed by atoms with Crippen molar-refractivity contribution in [3.63, 3.8) is 0 Å². The maximum atomic E-state index is 11.5. The number of hydrogen-bond donors (Lipinski definition) is 0. The summed E-state index contributed by atoms with van der Waals surface area (Å²) >= 11 is 0. The summed E-state index contributed by atoms with van der Waals surface area (Å²) in [6.07, 6.45) is 1.29. The summed E-state index contributed by atoms with van der Waals surface area (Å²) in [7, 11) is 0. The first kappa shape index (κ1) is 9.58. The van der Waals surface area contributed by atoms with Crippen LogP contribution in [0.3, 0.4) is 0 Å². The van der Waals surface area contributed by atoms with Gasteiger partial charge in [0.2, 0.25) is 0 Å². The molecule has 2 atom stereocenters. The number of fused-ring (bicyclic) bond motifs is 2. The molecule has 1 aromatic carbocycles. The number of carbonyl (C=O) groups excluding carboxylic acids is 2. The van der Waals surface area contributed by atoms with Crippen molar-refractivity contribution in [1.29, 1.82) is 0 Å². The molecule has 1 aliphatic carbocycles. The summed E-state index contributed by atoms with van der Waals surface area (Å²) < 4.78 is 4.69. The standard InChI is InChI=1S/C13H12O3/c1-7-2-3-8-5-10-11(6-9(8)4-7)13(15)16-12(10)14/h2-4,10-11H,5-6H2,1H3. The molecular weight excluding hydrogens is 204 g/mol. The van der Waals surface area contributed by atoms with E-state index in [4.69, 9.17) is 4.74 Å². The van der Waals surface area contributed by atoms with E-state index in [1.165, 1.54) is 16.7 Å². The van der Waals surface area contributed by atoms with Gasteiger partial charge in [-0.25, -0.2) is 0 Å². The van der Waals surface area contributed by atoms with Crippen molar-refractivity contribution in [1.82, 2.24) is 0 Å². The second kappa shape index (κ2) is 3.17. The van der Waals surface area contributed by atoms with Crippen LogP contribution in [0.25, 0.3) is 0 Å². The number of benzene rings is 1. The van der Waals surface area contributed by atoms with Crippen LogP contribution >= 0.6 is 0 Å². The molecule has 3 heteroatoms. The maximum absolute atomic E-state index is 11.5. The lowest BCUT2D eigenvalue weighted by atomic mass is 9.77. The molecule has 0 amide bonds. The van der Waals surface area contributed by atoms with Gasteiger partial charge in [0.1, 0.15) is 0 Å². The number of esters is 2. The smallest absolute Gasteiger partial charge is 0.317 e. The minimum Gasteiger partial charge on any atom is -0.393 e. The van der Waals surface area contributed by atoms with Crippen LogP contribution in [0.2, 0.25) is 0 Å². The number of rotatable bonds is 0. The van der Waals surface area contributed by atoms with Crippen molar-refractivity contribution >= 4 is 11.9 Å². The molecule has 0 aromatic heterocycles. The van der Waals surface area contributed by atoms with Crippen LogP contribution in [-0.2, 0) is 27.2 Å².